The highest BCUT2D eigenvalue weighted by Gasteiger charge is 2.22. The fraction of sp³-hybridized carbons (Fsp3) is 0.312. The topological polar surface area (TPSA) is 65.5 Å². The van der Waals surface area contributed by atoms with Crippen LogP contribution in [0.15, 0.2) is 35.8 Å². The molecule has 6 nitrogen and oxygen atoms in total. The lowest BCUT2D eigenvalue weighted by Gasteiger charge is -2.34. The molecule has 1 aromatic carbocycles. The molecule has 2 amide bonds. The summed E-state index contributed by atoms with van der Waals surface area (Å²) in [5, 5.41) is 5.36. The summed E-state index contributed by atoms with van der Waals surface area (Å²) < 4.78 is 13.5. The Labute approximate surface area is 142 Å². The van der Waals surface area contributed by atoms with Crippen molar-refractivity contribution in [3.8, 4) is 0 Å². The molecule has 1 aliphatic rings. The standard InChI is InChI=1S/C16H17FN4O2S/c17-13-4-2-1-3-12(13)15(23)19-11-14(22)20-6-8-21(9-7-20)16-18-5-10-24-16/h1-5,10H,6-9,11H2,(H,19,23). The van der Waals surface area contributed by atoms with E-state index in [-0.39, 0.29) is 18.0 Å². The lowest BCUT2D eigenvalue weighted by atomic mass is 10.2. The molecule has 0 bridgehead atoms. The summed E-state index contributed by atoms with van der Waals surface area (Å²) in [6, 6.07) is 5.70. The number of aromatic nitrogens is 1. The SMILES string of the molecule is O=C(NCC(=O)N1CCN(c2nccs2)CC1)c1ccccc1F. The number of hydrogen-bond donors (Lipinski definition) is 1. The molecule has 3 rings (SSSR count). The fourth-order valence-corrected chi connectivity index (χ4v) is 3.22. The lowest BCUT2D eigenvalue weighted by molar-refractivity contribution is -0.130. The Morgan fingerprint density at radius 3 is 2.62 bits per heavy atom. The summed E-state index contributed by atoms with van der Waals surface area (Å²) in [4.78, 5) is 32.2. The Kier molecular flexibility index (Phi) is 5.05. The van der Waals surface area contributed by atoms with Crippen molar-refractivity contribution in [3.05, 3.63) is 47.2 Å². The first kappa shape index (κ1) is 16.4. The molecule has 0 unspecified atom stereocenters. The lowest BCUT2D eigenvalue weighted by Crippen LogP contribution is -2.51. The quantitative estimate of drug-likeness (QED) is 0.906. The molecule has 1 saturated heterocycles. The van der Waals surface area contributed by atoms with Gasteiger partial charge in [-0.05, 0) is 12.1 Å². The molecule has 2 heterocycles. The van der Waals surface area contributed by atoms with E-state index in [1.54, 1.807) is 28.5 Å². The van der Waals surface area contributed by atoms with Crippen LogP contribution in [0.2, 0.25) is 0 Å². The minimum Gasteiger partial charge on any atom is -0.345 e. The number of halogens is 1. The van der Waals surface area contributed by atoms with E-state index < -0.39 is 11.7 Å². The van der Waals surface area contributed by atoms with Crippen molar-refractivity contribution >= 4 is 28.3 Å². The van der Waals surface area contributed by atoms with Crippen LogP contribution >= 0.6 is 11.3 Å². The number of thiazole rings is 1. The molecule has 0 spiro atoms. The summed E-state index contributed by atoms with van der Waals surface area (Å²) in [5.41, 5.74) is -0.0566. The fourth-order valence-electron chi connectivity index (χ4n) is 2.53. The highest BCUT2D eigenvalue weighted by atomic mass is 32.1. The molecule has 1 aromatic heterocycles. The van der Waals surface area contributed by atoms with Crippen molar-refractivity contribution in [2.75, 3.05) is 37.6 Å². The van der Waals surface area contributed by atoms with Crippen molar-refractivity contribution in [2.45, 2.75) is 0 Å². The van der Waals surface area contributed by atoms with E-state index in [1.165, 1.54) is 18.2 Å². The van der Waals surface area contributed by atoms with Crippen LogP contribution < -0.4 is 10.2 Å². The molecule has 1 aliphatic heterocycles. The number of nitrogens with one attached hydrogen (secondary N) is 1. The van der Waals surface area contributed by atoms with Gasteiger partial charge in [0.05, 0.1) is 12.1 Å². The van der Waals surface area contributed by atoms with Crippen LogP contribution in [0, 0.1) is 5.82 Å². The number of anilines is 1. The van der Waals surface area contributed by atoms with Crippen LogP contribution in [-0.2, 0) is 4.79 Å². The number of piperazine rings is 1. The summed E-state index contributed by atoms with van der Waals surface area (Å²) in [6.07, 6.45) is 1.76. The zero-order valence-electron chi connectivity index (χ0n) is 12.9. The molecular weight excluding hydrogens is 331 g/mol. The molecule has 0 saturated carbocycles. The van der Waals surface area contributed by atoms with Gasteiger partial charge in [0.1, 0.15) is 5.82 Å². The van der Waals surface area contributed by atoms with Crippen molar-refractivity contribution in [1.29, 1.82) is 0 Å². The Morgan fingerprint density at radius 2 is 1.96 bits per heavy atom. The third kappa shape index (κ3) is 3.70. The number of hydrogen-bond acceptors (Lipinski definition) is 5. The zero-order valence-corrected chi connectivity index (χ0v) is 13.8. The van der Waals surface area contributed by atoms with Gasteiger partial charge in [-0.1, -0.05) is 12.1 Å². The number of benzene rings is 1. The summed E-state index contributed by atoms with van der Waals surface area (Å²) in [7, 11) is 0. The third-order valence-corrected chi connectivity index (χ3v) is 4.67. The number of nitrogens with zero attached hydrogens (tertiary/aromatic N) is 3. The third-order valence-electron chi connectivity index (χ3n) is 3.84. The highest BCUT2D eigenvalue weighted by Crippen LogP contribution is 2.18. The Bertz CT molecular complexity index is 715. The van der Waals surface area contributed by atoms with Gasteiger partial charge in [-0.15, -0.1) is 11.3 Å². The molecule has 2 aromatic rings. The Balaban J connectivity index is 1.48. The van der Waals surface area contributed by atoms with Gasteiger partial charge in [0.2, 0.25) is 5.91 Å². The Hall–Kier alpha value is -2.48. The minimum atomic E-state index is -0.598. The van der Waals surface area contributed by atoms with Gasteiger partial charge < -0.3 is 15.1 Å². The average molecular weight is 348 g/mol. The molecular formula is C16H17FN4O2S. The van der Waals surface area contributed by atoms with Gasteiger partial charge >= 0.3 is 0 Å². The van der Waals surface area contributed by atoms with Gasteiger partial charge in [-0.2, -0.15) is 0 Å². The van der Waals surface area contributed by atoms with Crippen molar-refractivity contribution < 1.29 is 14.0 Å². The minimum absolute atomic E-state index is 0.0566. The molecule has 1 N–H and O–H groups in total. The van der Waals surface area contributed by atoms with Crippen LogP contribution in [0.3, 0.4) is 0 Å². The average Bonchev–Trinajstić information content (AvgIpc) is 3.14. The van der Waals surface area contributed by atoms with Crippen molar-refractivity contribution in [1.82, 2.24) is 15.2 Å². The van der Waals surface area contributed by atoms with Gasteiger partial charge in [0.25, 0.3) is 5.91 Å². The highest BCUT2D eigenvalue weighted by molar-refractivity contribution is 7.13. The van der Waals surface area contributed by atoms with Crippen molar-refractivity contribution in [3.63, 3.8) is 0 Å². The first-order valence-electron chi connectivity index (χ1n) is 7.60. The monoisotopic (exact) mass is 348 g/mol. The smallest absolute Gasteiger partial charge is 0.254 e. The molecule has 0 aliphatic carbocycles. The van der Waals surface area contributed by atoms with Gasteiger partial charge in [0, 0.05) is 37.8 Å². The number of rotatable bonds is 4. The van der Waals surface area contributed by atoms with E-state index in [1.807, 2.05) is 5.38 Å². The predicted molar refractivity (Wildman–Crippen MR) is 89.6 cm³/mol. The maximum absolute atomic E-state index is 13.5. The molecule has 24 heavy (non-hydrogen) atoms. The van der Waals surface area contributed by atoms with Gasteiger partial charge in [0.15, 0.2) is 5.13 Å². The van der Waals surface area contributed by atoms with Crippen LogP contribution in [-0.4, -0.2) is 54.4 Å². The van der Waals surface area contributed by atoms with E-state index in [0.717, 1.165) is 5.13 Å². The summed E-state index contributed by atoms with van der Waals surface area (Å²) in [6.45, 7) is 2.44. The molecule has 1 fully saturated rings. The van der Waals surface area contributed by atoms with Crippen molar-refractivity contribution in [2.24, 2.45) is 0 Å². The summed E-state index contributed by atoms with van der Waals surface area (Å²) in [5.74, 6) is -1.35. The maximum Gasteiger partial charge on any atom is 0.254 e. The van der Waals surface area contributed by atoms with Crippen LogP contribution in [0.5, 0.6) is 0 Å². The van der Waals surface area contributed by atoms with E-state index in [0.29, 0.717) is 26.2 Å². The second-order valence-corrected chi connectivity index (χ2v) is 6.22. The van der Waals surface area contributed by atoms with Gasteiger partial charge in [-0.25, -0.2) is 9.37 Å². The maximum atomic E-state index is 13.5. The molecule has 0 radical (unpaired) electrons. The van der Waals surface area contributed by atoms with E-state index >= 15 is 0 Å². The van der Waals surface area contributed by atoms with Crippen LogP contribution in [0.25, 0.3) is 0 Å². The first-order valence-corrected chi connectivity index (χ1v) is 8.48. The van der Waals surface area contributed by atoms with E-state index in [9.17, 15) is 14.0 Å². The molecule has 0 atom stereocenters. The van der Waals surface area contributed by atoms with E-state index in [4.69, 9.17) is 0 Å². The zero-order chi connectivity index (χ0) is 16.9. The normalized spacial score (nSPS) is 14.5. The summed E-state index contributed by atoms with van der Waals surface area (Å²) >= 11 is 1.57. The Morgan fingerprint density at radius 1 is 1.21 bits per heavy atom. The second kappa shape index (κ2) is 7.39. The van der Waals surface area contributed by atoms with Crippen LogP contribution in [0.4, 0.5) is 9.52 Å². The number of carbonyl (C=O) groups excluding carboxylic acids is 2. The van der Waals surface area contributed by atoms with Crippen LogP contribution in [0.1, 0.15) is 10.4 Å². The molecule has 126 valence electrons. The first-order chi connectivity index (χ1) is 11.6. The number of carbonyl (C=O) groups is 2. The molecule has 8 heteroatoms. The van der Waals surface area contributed by atoms with Gasteiger partial charge in [-0.3, -0.25) is 9.59 Å². The largest absolute Gasteiger partial charge is 0.345 e. The number of amides is 2. The van der Waals surface area contributed by atoms with E-state index in [2.05, 4.69) is 15.2 Å². The predicted octanol–water partition coefficient (Wildman–Crippen LogP) is 1.36. The second-order valence-electron chi connectivity index (χ2n) is 5.35.